The first-order chi connectivity index (χ1) is 18.9. The summed E-state index contributed by atoms with van der Waals surface area (Å²) in [4.78, 5) is 43.3. The van der Waals surface area contributed by atoms with Gasteiger partial charge in [0.15, 0.2) is 6.17 Å². The molecule has 1 aromatic heterocycles. The minimum atomic E-state index is -4.42. The third-order valence-corrected chi connectivity index (χ3v) is 8.88. The normalized spacial score (nSPS) is 16.5. The summed E-state index contributed by atoms with van der Waals surface area (Å²) >= 11 is 17.8. The molecule has 2 unspecified atom stereocenters. The van der Waals surface area contributed by atoms with Gasteiger partial charge in [0, 0.05) is 19.3 Å². The Morgan fingerprint density at radius 1 is 1.02 bits per heavy atom. The lowest BCUT2D eigenvalue weighted by Gasteiger charge is -2.30. The van der Waals surface area contributed by atoms with Crippen LogP contribution in [-0.2, 0) is 19.6 Å². The number of carboxylic acid groups (broad SMARTS) is 1. The number of pyridine rings is 1. The molecule has 10 nitrogen and oxygen atoms in total. The summed E-state index contributed by atoms with van der Waals surface area (Å²) in [5, 5.41) is 12.1. The monoisotopic (exact) mass is 628 g/mol. The SMILES string of the molecule is O=C(O)CC(NC(=O)C1N(C(=O)c2ccc(Cl)nc2)CCN1S(=O)(=O)c1ccc(Cl)c(Cl)c1)c1ccc(F)cc1. The zero-order valence-electron chi connectivity index (χ0n) is 20.3. The minimum Gasteiger partial charge on any atom is -0.481 e. The second-order valence-electron chi connectivity index (χ2n) is 8.64. The molecule has 1 aliphatic heterocycles. The van der Waals surface area contributed by atoms with E-state index in [1.54, 1.807) is 0 Å². The zero-order chi connectivity index (χ0) is 29.2. The first-order valence-electron chi connectivity index (χ1n) is 11.6. The maximum absolute atomic E-state index is 13.7. The number of nitrogens with one attached hydrogen (secondary N) is 1. The molecule has 2 amide bonds. The van der Waals surface area contributed by atoms with E-state index in [-0.39, 0.29) is 44.3 Å². The van der Waals surface area contributed by atoms with E-state index in [1.807, 2.05) is 0 Å². The van der Waals surface area contributed by atoms with Crippen LogP contribution in [0.3, 0.4) is 0 Å². The number of aromatic nitrogens is 1. The highest BCUT2D eigenvalue weighted by molar-refractivity contribution is 7.89. The molecule has 4 rings (SSSR count). The van der Waals surface area contributed by atoms with Crippen molar-refractivity contribution in [3.63, 3.8) is 0 Å². The van der Waals surface area contributed by atoms with E-state index in [2.05, 4.69) is 10.3 Å². The van der Waals surface area contributed by atoms with E-state index in [0.29, 0.717) is 0 Å². The summed E-state index contributed by atoms with van der Waals surface area (Å²) in [6, 6.07) is 9.94. The van der Waals surface area contributed by atoms with Gasteiger partial charge in [-0.05, 0) is 48.0 Å². The van der Waals surface area contributed by atoms with Crippen LogP contribution in [0.5, 0.6) is 0 Å². The van der Waals surface area contributed by atoms with Gasteiger partial charge in [0.2, 0.25) is 10.0 Å². The molecule has 1 saturated heterocycles. The van der Waals surface area contributed by atoms with Crippen molar-refractivity contribution in [3.8, 4) is 0 Å². The second-order valence-corrected chi connectivity index (χ2v) is 11.7. The average molecular weight is 630 g/mol. The molecule has 1 fully saturated rings. The van der Waals surface area contributed by atoms with Crippen LogP contribution >= 0.6 is 34.8 Å². The number of hydrogen-bond acceptors (Lipinski definition) is 6. The van der Waals surface area contributed by atoms with Crippen LogP contribution in [-0.4, -0.2) is 64.8 Å². The van der Waals surface area contributed by atoms with Gasteiger partial charge in [-0.2, -0.15) is 4.31 Å². The number of amides is 2. The van der Waals surface area contributed by atoms with Gasteiger partial charge >= 0.3 is 5.97 Å². The van der Waals surface area contributed by atoms with Crippen LogP contribution in [0.4, 0.5) is 4.39 Å². The number of nitrogens with zero attached hydrogens (tertiary/aromatic N) is 3. The predicted octanol–water partition coefficient (Wildman–Crippen LogP) is 3.99. The number of aliphatic carboxylic acids is 1. The second kappa shape index (κ2) is 12.1. The van der Waals surface area contributed by atoms with Crippen molar-refractivity contribution >= 4 is 62.6 Å². The standard InChI is InChI=1S/C25H20Cl3FN4O6S/c26-18-7-6-17(11-19(18)27)40(38,39)33-10-9-32(25(37)15-3-8-21(28)30-13-15)24(33)23(36)31-20(12-22(34)35)14-1-4-16(29)5-2-14/h1-8,11,13,20,24H,9-10,12H2,(H,31,36)(H,34,35). The highest BCUT2D eigenvalue weighted by Gasteiger charge is 2.47. The first-order valence-corrected chi connectivity index (χ1v) is 14.1. The molecule has 0 spiro atoms. The summed E-state index contributed by atoms with van der Waals surface area (Å²) < 4.78 is 41.7. The molecule has 0 bridgehead atoms. The fraction of sp³-hybridized carbons (Fsp3) is 0.200. The largest absolute Gasteiger partial charge is 0.481 e. The van der Waals surface area contributed by atoms with Gasteiger partial charge in [-0.3, -0.25) is 14.4 Å². The highest BCUT2D eigenvalue weighted by Crippen LogP contribution is 2.31. The van der Waals surface area contributed by atoms with Crippen LogP contribution < -0.4 is 5.32 Å². The third kappa shape index (κ3) is 6.37. The van der Waals surface area contributed by atoms with Crippen LogP contribution in [0, 0.1) is 5.82 Å². The number of rotatable bonds is 8. The number of carbonyl (C=O) groups is 3. The van der Waals surface area contributed by atoms with E-state index in [4.69, 9.17) is 34.8 Å². The van der Waals surface area contributed by atoms with E-state index in [1.165, 1.54) is 42.6 Å². The molecule has 3 aromatic rings. The smallest absolute Gasteiger partial charge is 0.305 e. The fourth-order valence-electron chi connectivity index (χ4n) is 4.15. The highest BCUT2D eigenvalue weighted by atomic mass is 35.5. The van der Waals surface area contributed by atoms with Gasteiger partial charge in [0.05, 0.1) is 33.0 Å². The topological polar surface area (TPSA) is 137 Å². The van der Waals surface area contributed by atoms with Crippen LogP contribution in [0.2, 0.25) is 15.2 Å². The van der Waals surface area contributed by atoms with Gasteiger partial charge in [-0.25, -0.2) is 17.8 Å². The molecule has 2 atom stereocenters. The Morgan fingerprint density at radius 2 is 1.73 bits per heavy atom. The number of carbonyl (C=O) groups excluding carboxylic acids is 2. The molecule has 0 radical (unpaired) electrons. The molecule has 1 aliphatic rings. The van der Waals surface area contributed by atoms with Gasteiger partial charge in [0.1, 0.15) is 11.0 Å². The Hall–Kier alpha value is -3.29. The van der Waals surface area contributed by atoms with Gasteiger partial charge in [0.25, 0.3) is 11.8 Å². The molecule has 40 heavy (non-hydrogen) atoms. The Bertz CT molecular complexity index is 1560. The average Bonchev–Trinajstić information content (AvgIpc) is 3.36. The number of sulfonamides is 1. The van der Waals surface area contributed by atoms with Crippen LogP contribution in [0.1, 0.15) is 28.4 Å². The Labute approximate surface area is 243 Å². The van der Waals surface area contributed by atoms with Crippen molar-refractivity contribution in [1.29, 1.82) is 0 Å². The molecule has 0 aliphatic carbocycles. The molecule has 210 valence electrons. The Balaban J connectivity index is 1.74. The quantitative estimate of drug-likeness (QED) is 0.360. The number of hydrogen-bond donors (Lipinski definition) is 2. The molecular weight excluding hydrogens is 610 g/mol. The number of carboxylic acids is 1. The van der Waals surface area contributed by atoms with Crippen molar-refractivity contribution in [2.24, 2.45) is 0 Å². The van der Waals surface area contributed by atoms with Gasteiger partial charge < -0.3 is 15.3 Å². The van der Waals surface area contributed by atoms with Crippen LogP contribution in [0.15, 0.2) is 65.7 Å². The molecule has 2 aromatic carbocycles. The zero-order valence-corrected chi connectivity index (χ0v) is 23.4. The molecule has 2 heterocycles. The molecule has 15 heteroatoms. The lowest BCUT2D eigenvalue weighted by molar-refractivity contribution is -0.138. The van der Waals surface area contributed by atoms with Gasteiger partial charge in [-0.1, -0.05) is 46.9 Å². The molecular formula is C25H20Cl3FN4O6S. The van der Waals surface area contributed by atoms with Crippen LogP contribution in [0.25, 0.3) is 0 Å². The summed E-state index contributed by atoms with van der Waals surface area (Å²) in [7, 11) is -4.42. The van der Waals surface area contributed by atoms with E-state index >= 15 is 0 Å². The minimum absolute atomic E-state index is 0.0385. The maximum Gasteiger partial charge on any atom is 0.305 e. The van der Waals surface area contributed by atoms with E-state index in [9.17, 15) is 32.3 Å². The van der Waals surface area contributed by atoms with Crippen molar-refractivity contribution < 1.29 is 32.3 Å². The van der Waals surface area contributed by atoms with Crippen molar-refractivity contribution in [3.05, 3.63) is 92.9 Å². The van der Waals surface area contributed by atoms with Crippen molar-refractivity contribution in [1.82, 2.24) is 19.5 Å². The first kappa shape index (κ1) is 29.7. The number of benzene rings is 2. The third-order valence-electron chi connectivity index (χ3n) is 6.06. The van der Waals surface area contributed by atoms with E-state index in [0.717, 1.165) is 27.4 Å². The lowest BCUT2D eigenvalue weighted by atomic mass is 10.0. The Morgan fingerprint density at radius 3 is 2.33 bits per heavy atom. The molecule has 0 saturated carbocycles. The summed E-state index contributed by atoms with van der Waals surface area (Å²) in [6.45, 7) is -0.451. The van der Waals surface area contributed by atoms with Gasteiger partial charge in [-0.15, -0.1) is 0 Å². The van der Waals surface area contributed by atoms with E-state index < -0.39 is 52.3 Å². The van der Waals surface area contributed by atoms with Crippen molar-refractivity contribution in [2.75, 3.05) is 13.1 Å². The fourth-order valence-corrected chi connectivity index (χ4v) is 6.20. The summed E-state index contributed by atoms with van der Waals surface area (Å²) in [6.07, 6.45) is -1.14. The lowest BCUT2D eigenvalue weighted by Crippen LogP contribution is -2.54. The summed E-state index contributed by atoms with van der Waals surface area (Å²) in [5.74, 6) is -3.55. The summed E-state index contributed by atoms with van der Waals surface area (Å²) in [5.41, 5.74) is 0.297. The maximum atomic E-state index is 13.7. The Kier molecular flexibility index (Phi) is 8.96. The predicted molar refractivity (Wildman–Crippen MR) is 144 cm³/mol. The molecule has 2 N–H and O–H groups in total. The van der Waals surface area contributed by atoms with Crippen molar-refractivity contribution in [2.45, 2.75) is 23.5 Å². The number of halogens is 4.